The number of rotatable bonds is 6. The molecule has 0 unspecified atom stereocenters. The van der Waals surface area contributed by atoms with Crippen molar-refractivity contribution >= 4 is 31.1 Å². The van der Waals surface area contributed by atoms with E-state index in [1.54, 1.807) is 0 Å². The first-order chi connectivity index (χ1) is 11.2. The second-order valence-electron chi connectivity index (χ2n) is 7.57. The van der Waals surface area contributed by atoms with Gasteiger partial charge in [0.2, 0.25) is 0 Å². The van der Waals surface area contributed by atoms with Crippen molar-refractivity contribution in [2.75, 3.05) is 13.2 Å². The molecular weight excluding hydrogens is 353 g/mol. The molecule has 2 nitrogen and oxygen atoms in total. The highest BCUT2D eigenvalue weighted by Gasteiger charge is 2.51. The third-order valence-corrected chi connectivity index (χ3v) is 9.41. The molecule has 138 valence electrons. The number of hydrogen-bond acceptors (Lipinski definition) is 2. The van der Waals surface area contributed by atoms with Gasteiger partial charge in [0.05, 0.1) is 6.61 Å². The number of hydrogen-bond donors (Lipinski definition) is 1. The van der Waals surface area contributed by atoms with E-state index >= 15 is 0 Å². The van der Waals surface area contributed by atoms with Crippen LogP contribution < -0.4 is 16.1 Å². The topological polar surface area (TPSA) is 35.2 Å². The van der Waals surface area contributed by atoms with Crippen molar-refractivity contribution in [1.82, 2.24) is 0 Å². The Bertz CT molecular complexity index is 604. The lowest BCUT2D eigenvalue weighted by molar-refractivity contribution is 0.104. The minimum Gasteiger partial charge on any atom is -0.404 e. The van der Waals surface area contributed by atoms with Gasteiger partial charge in [-0.2, -0.15) is 0 Å². The largest absolute Gasteiger partial charge is 0.404 e. The van der Waals surface area contributed by atoms with Gasteiger partial charge in [-0.1, -0.05) is 81.4 Å². The van der Waals surface area contributed by atoms with E-state index in [-0.39, 0.29) is 30.6 Å². The van der Waals surface area contributed by atoms with Gasteiger partial charge < -0.3 is 10.2 Å². The Balaban J connectivity index is 0.00000312. The summed E-state index contributed by atoms with van der Waals surface area (Å²) in [7, 11) is -2.67. The molecule has 2 aromatic rings. The van der Waals surface area contributed by atoms with Crippen LogP contribution in [-0.2, 0) is 4.43 Å². The summed E-state index contributed by atoms with van der Waals surface area (Å²) in [6.45, 7) is 7.98. The summed E-state index contributed by atoms with van der Waals surface area (Å²) in [5.74, 6) is 0. The van der Waals surface area contributed by atoms with E-state index in [0.29, 0.717) is 0 Å². The van der Waals surface area contributed by atoms with Crippen LogP contribution in [0.1, 0.15) is 27.7 Å². The highest BCUT2D eigenvalue weighted by atomic mass is 35.5. The first-order valence-corrected chi connectivity index (χ1v) is 10.3. The molecule has 2 N–H and O–H groups in total. The maximum absolute atomic E-state index is 14.5. The Morgan fingerprint density at radius 2 is 1.28 bits per heavy atom. The normalized spacial score (nSPS) is 14.5. The molecule has 0 spiro atoms. The van der Waals surface area contributed by atoms with Crippen LogP contribution in [0.25, 0.3) is 0 Å². The quantitative estimate of drug-likeness (QED) is 0.775. The Hall–Kier alpha value is -1.20. The molecule has 0 saturated carbocycles. The van der Waals surface area contributed by atoms with E-state index in [0.717, 1.165) is 10.4 Å². The van der Waals surface area contributed by atoms with E-state index in [2.05, 4.69) is 45.0 Å². The standard InChI is InChI=1S/C20H28FNOSi.ClH/c1-19(2,3)24(17-11-7-5-8-12-17,18-13-9-6-10-14-18)23-16-20(4,21)15-22;/h5-14H,15-16,22H2,1-4H3;1H/t20-;/m1./s1. The molecule has 0 amide bonds. The molecule has 25 heavy (non-hydrogen) atoms. The van der Waals surface area contributed by atoms with Crippen molar-refractivity contribution in [3.63, 3.8) is 0 Å². The molecule has 0 heterocycles. The number of alkyl halides is 1. The summed E-state index contributed by atoms with van der Waals surface area (Å²) in [6.07, 6.45) is 0. The van der Waals surface area contributed by atoms with Gasteiger partial charge >= 0.3 is 0 Å². The number of nitrogens with two attached hydrogens (primary N) is 1. The first-order valence-electron chi connectivity index (χ1n) is 8.37. The fraction of sp³-hybridized carbons (Fsp3) is 0.400. The summed E-state index contributed by atoms with van der Waals surface area (Å²) in [6, 6.07) is 20.5. The Morgan fingerprint density at radius 3 is 1.60 bits per heavy atom. The summed E-state index contributed by atoms with van der Waals surface area (Å²) in [5.41, 5.74) is 4.05. The van der Waals surface area contributed by atoms with Crippen LogP contribution in [0.15, 0.2) is 60.7 Å². The fourth-order valence-corrected chi connectivity index (χ4v) is 7.75. The van der Waals surface area contributed by atoms with E-state index in [1.165, 1.54) is 6.92 Å². The van der Waals surface area contributed by atoms with Crippen LogP contribution in [-0.4, -0.2) is 27.1 Å². The maximum atomic E-state index is 14.5. The van der Waals surface area contributed by atoms with Crippen molar-refractivity contribution in [3.05, 3.63) is 60.7 Å². The van der Waals surface area contributed by atoms with Crippen LogP contribution in [0.5, 0.6) is 0 Å². The zero-order valence-electron chi connectivity index (χ0n) is 15.5. The third kappa shape index (κ3) is 4.70. The van der Waals surface area contributed by atoms with Crippen LogP contribution in [0.2, 0.25) is 5.04 Å². The van der Waals surface area contributed by atoms with Gasteiger partial charge in [-0.3, -0.25) is 0 Å². The summed E-state index contributed by atoms with van der Waals surface area (Å²) < 4.78 is 21.0. The Labute approximate surface area is 158 Å². The SMILES string of the molecule is CC(C)(C)[Si](OC[C@](C)(F)CN)(c1ccccc1)c1ccccc1.Cl. The highest BCUT2D eigenvalue weighted by molar-refractivity contribution is 6.99. The van der Waals surface area contributed by atoms with Gasteiger partial charge in [0.1, 0.15) is 5.67 Å². The Morgan fingerprint density at radius 1 is 0.880 bits per heavy atom. The van der Waals surface area contributed by atoms with Crippen LogP contribution >= 0.6 is 12.4 Å². The van der Waals surface area contributed by atoms with E-state index < -0.39 is 14.0 Å². The molecule has 0 aromatic heterocycles. The molecule has 1 atom stereocenters. The van der Waals surface area contributed by atoms with Crippen molar-refractivity contribution in [2.45, 2.75) is 38.4 Å². The van der Waals surface area contributed by atoms with E-state index in [9.17, 15) is 4.39 Å². The fourth-order valence-electron chi connectivity index (χ4n) is 3.08. The molecule has 0 aliphatic rings. The summed E-state index contributed by atoms with van der Waals surface area (Å²) >= 11 is 0. The second-order valence-corrected chi connectivity index (χ2v) is 11.9. The van der Waals surface area contributed by atoms with Crippen molar-refractivity contribution in [3.8, 4) is 0 Å². The van der Waals surface area contributed by atoms with Gasteiger partial charge in [-0.05, 0) is 22.3 Å². The van der Waals surface area contributed by atoms with Crippen LogP contribution in [0.4, 0.5) is 4.39 Å². The smallest absolute Gasteiger partial charge is 0.261 e. The molecular formula is C20H29ClFNOSi. The molecule has 0 radical (unpaired) electrons. The van der Waals surface area contributed by atoms with Crippen molar-refractivity contribution in [1.29, 1.82) is 0 Å². The van der Waals surface area contributed by atoms with Gasteiger partial charge in [0.25, 0.3) is 8.32 Å². The molecule has 5 heteroatoms. The third-order valence-electron chi connectivity index (χ3n) is 4.43. The average Bonchev–Trinajstić information content (AvgIpc) is 2.56. The average molecular weight is 382 g/mol. The van der Waals surface area contributed by atoms with Crippen molar-refractivity contribution < 1.29 is 8.82 Å². The molecule has 0 aliphatic carbocycles. The van der Waals surface area contributed by atoms with Crippen molar-refractivity contribution in [2.24, 2.45) is 5.73 Å². The first kappa shape index (κ1) is 21.8. The predicted molar refractivity (Wildman–Crippen MR) is 109 cm³/mol. The number of benzene rings is 2. The lowest BCUT2D eigenvalue weighted by atomic mass is 10.1. The van der Waals surface area contributed by atoms with Gasteiger partial charge in [-0.15, -0.1) is 12.4 Å². The molecule has 2 aromatic carbocycles. The highest BCUT2D eigenvalue weighted by Crippen LogP contribution is 2.37. The zero-order chi connectivity index (χ0) is 17.8. The summed E-state index contributed by atoms with van der Waals surface area (Å²) in [4.78, 5) is 0. The molecule has 2 rings (SSSR count). The number of halogens is 2. The van der Waals surface area contributed by atoms with E-state index in [1.807, 2.05) is 36.4 Å². The van der Waals surface area contributed by atoms with Gasteiger partial charge in [0.15, 0.2) is 0 Å². The van der Waals surface area contributed by atoms with Gasteiger partial charge in [-0.25, -0.2) is 4.39 Å². The molecule has 0 bridgehead atoms. The van der Waals surface area contributed by atoms with Crippen LogP contribution in [0, 0.1) is 0 Å². The van der Waals surface area contributed by atoms with Crippen LogP contribution in [0.3, 0.4) is 0 Å². The molecule has 0 saturated heterocycles. The lowest BCUT2D eigenvalue weighted by Gasteiger charge is -2.44. The Kier molecular flexibility index (Phi) is 7.38. The predicted octanol–water partition coefficient (Wildman–Crippen LogP) is 3.67. The zero-order valence-corrected chi connectivity index (χ0v) is 17.3. The summed E-state index contributed by atoms with van der Waals surface area (Å²) in [5, 5.41) is 2.15. The lowest BCUT2D eigenvalue weighted by Crippen LogP contribution is -2.67. The molecule has 0 fully saturated rings. The minimum atomic E-state index is -2.67. The minimum absolute atomic E-state index is 0. The van der Waals surface area contributed by atoms with E-state index in [4.69, 9.17) is 10.2 Å². The van der Waals surface area contributed by atoms with Gasteiger partial charge in [0, 0.05) is 6.54 Å². The molecule has 0 aliphatic heterocycles. The second kappa shape index (κ2) is 8.45. The maximum Gasteiger partial charge on any atom is 0.261 e. The monoisotopic (exact) mass is 381 g/mol.